The third-order valence-electron chi connectivity index (χ3n) is 13.3. The quantitative estimate of drug-likeness (QED) is 0.402. The molecule has 192 valence electrons. The fourth-order valence-corrected chi connectivity index (χ4v) is 11.2. The van der Waals surface area contributed by atoms with Gasteiger partial charge >= 0.3 is 5.97 Å². The predicted octanol–water partition coefficient (Wildman–Crippen LogP) is 6.21. The van der Waals surface area contributed by atoms with E-state index in [1.807, 2.05) is 0 Å². The molecule has 5 rings (SSSR count). The summed E-state index contributed by atoms with van der Waals surface area (Å²) < 4.78 is 0. The number of rotatable bonds is 6. The minimum Gasteiger partial charge on any atom is -0.478 e. The number of allylic oxidation sites excluding steroid dienone is 1. The summed E-state index contributed by atoms with van der Waals surface area (Å²) in [5.74, 6) is 1.78. The molecule has 0 aromatic heterocycles. The lowest BCUT2D eigenvalue weighted by molar-refractivity contribution is -0.161. The fourth-order valence-electron chi connectivity index (χ4n) is 11.2. The Morgan fingerprint density at radius 3 is 2.29 bits per heavy atom. The van der Waals surface area contributed by atoms with Crippen LogP contribution in [0.5, 0.6) is 0 Å². The first-order chi connectivity index (χ1) is 15.9. The van der Waals surface area contributed by atoms with Crippen molar-refractivity contribution in [3.8, 4) is 0 Å². The van der Waals surface area contributed by atoms with E-state index in [9.17, 15) is 20.1 Å². The van der Waals surface area contributed by atoms with Crippen LogP contribution in [0.4, 0.5) is 0 Å². The van der Waals surface area contributed by atoms with E-state index in [4.69, 9.17) is 0 Å². The van der Waals surface area contributed by atoms with Crippen molar-refractivity contribution in [1.29, 1.82) is 0 Å². The zero-order valence-corrected chi connectivity index (χ0v) is 22.2. The molecule has 0 unspecified atom stereocenters. The number of aliphatic hydroxyl groups is 2. The molecular formula is C30H48O4. The van der Waals surface area contributed by atoms with Gasteiger partial charge in [0.25, 0.3) is 0 Å². The number of carboxylic acid groups (broad SMARTS) is 1. The van der Waals surface area contributed by atoms with E-state index in [1.54, 1.807) is 6.08 Å². The Labute approximate surface area is 206 Å². The van der Waals surface area contributed by atoms with E-state index in [2.05, 4.69) is 34.6 Å². The van der Waals surface area contributed by atoms with Crippen LogP contribution in [0.2, 0.25) is 0 Å². The third kappa shape index (κ3) is 3.00. The summed E-state index contributed by atoms with van der Waals surface area (Å²) in [6.07, 6.45) is 15.0. The molecule has 0 aliphatic heterocycles. The van der Waals surface area contributed by atoms with Crippen molar-refractivity contribution in [2.45, 2.75) is 111 Å². The molecule has 0 heterocycles. The maximum atomic E-state index is 11.2. The standard InChI is InChI=1S/C30H48O4/c1-19(7-6-8-20(17-31)25(33)34)21-11-13-28(5)23-10-9-22-26(2,3)24(32)12-14-29(22)18-30(23,29)16-15-27(21,28)4/h8,19,21-24,31-32H,6-7,9-18H2,1-5H3,(H,33,34)/b20-8+/t19-,21-,22+,23+,24-,27-,28+,29-,30+/m1/s1. The number of hydrogen-bond donors (Lipinski definition) is 3. The summed E-state index contributed by atoms with van der Waals surface area (Å²) >= 11 is 0. The van der Waals surface area contributed by atoms with Gasteiger partial charge < -0.3 is 15.3 Å². The SMILES string of the molecule is C[C@H](CC/C=C(\CO)C(=O)O)[C@H]1CC[C@@]2(C)[C@@H]3CC[C@H]4C(C)(C)[C@H](O)CC[C@@]45C[C@@]35CC[C@]12C. The van der Waals surface area contributed by atoms with Gasteiger partial charge in [0.15, 0.2) is 0 Å². The van der Waals surface area contributed by atoms with Crippen LogP contribution in [0.15, 0.2) is 11.6 Å². The third-order valence-corrected chi connectivity index (χ3v) is 13.3. The van der Waals surface area contributed by atoms with Gasteiger partial charge in [0.05, 0.1) is 18.3 Å². The van der Waals surface area contributed by atoms with E-state index in [0.717, 1.165) is 25.2 Å². The molecule has 0 bridgehead atoms. The van der Waals surface area contributed by atoms with Crippen LogP contribution < -0.4 is 0 Å². The number of hydrogen-bond acceptors (Lipinski definition) is 3. The first-order valence-corrected chi connectivity index (χ1v) is 14.1. The van der Waals surface area contributed by atoms with Gasteiger partial charge in [0, 0.05) is 0 Å². The summed E-state index contributed by atoms with van der Waals surface area (Å²) in [4.78, 5) is 11.2. The maximum absolute atomic E-state index is 11.2. The van der Waals surface area contributed by atoms with Crippen molar-refractivity contribution in [2.24, 2.45) is 50.7 Å². The van der Waals surface area contributed by atoms with E-state index in [-0.39, 0.29) is 23.7 Å². The van der Waals surface area contributed by atoms with Gasteiger partial charge in [-0.25, -0.2) is 4.79 Å². The minimum atomic E-state index is -1.000. The van der Waals surface area contributed by atoms with Crippen molar-refractivity contribution < 1.29 is 20.1 Å². The van der Waals surface area contributed by atoms with Crippen molar-refractivity contribution in [3.63, 3.8) is 0 Å². The smallest absolute Gasteiger partial charge is 0.333 e. The number of aliphatic hydroxyl groups excluding tert-OH is 2. The Morgan fingerprint density at radius 2 is 1.62 bits per heavy atom. The first-order valence-electron chi connectivity index (χ1n) is 14.1. The first kappa shape index (κ1) is 24.8. The van der Waals surface area contributed by atoms with Gasteiger partial charge in [0.1, 0.15) is 0 Å². The van der Waals surface area contributed by atoms with Gasteiger partial charge in [-0.05, 0) is 121 Å². The van der Waals surface area contributed by atoms with E-state index < -0.39 is 5.97 Å². The highest BCUT2D eigenvalue weighted by atomic mass is 16.4. The Balaban J connectivity index is 1.35. The molecule has 0 saturated heterocycles. The maximum Gasteiger partial charge on any atom is 0.333 e. The Kier molecular flexibility index (Phi) is 5.70. The second-order valence-electron chi connectivity index (χ2n) is 14.3. The number of carbonyl (C=O) groups is 1. The lowest BCUT2D eigenvalue weighted by Gasteiger charge is -2.63. The second kappa shape index (κ2) is 7.81. The van der Waals surface area contributed by atoms with Gasteiger partial charge in [-0.3, -0.25) is 0 Å². The van der Waals surface area contributed by atoms with Gasteiger partial charge in [-0.15, -0.1) is 0 Å². The molecular weight excluding hydrogens is 424 g/mol. The number of carboxylic acids is 1. The van der Waals surface area contributed by atoms with Crippen molar-refractivity contribution in [1.82, 2.24) is 0 Å². The molecule has 0 radical (unpaired) electrons. The summed E-state index contributed by atoms with van der Waals surface area (Å²) in [6.45, 7) is 11.9. The molecule has 0 aromatic rings. The zero-order valence-electron chi connectivity index (χ0n) is 22.2. The Morgan fingerprint density at radius 1 is 0.941 bits per heavy atom. The molecule has 9 atom stereocenters. The lowest BCUT2D eigenvalue weighted by atomic mass is 9.41. The van der Waals surface area contributed by atoms with Crippen molar-refractivity contribution >= 4 is 5.97 Å². The van der Waals surface area contributed by atoms with Crippen LogP contribution >= 0.6 is 0 Å². The zero-order chi connectivity index (χ0) is 24.7. The molecule has 5 aliphatic rings. The topological polar surface area (TPSA) is 77.8 Å². The second-order valence-corrected chi connectivity index (χ2v) is 14.3. The highest BCUT2D eigenvalue weighted by molar-refractivity contribution is 5.86. The molecule has 4 heteroatoms. The van der Waals surface area contributed by atoms with Crippen LogP contribution in [-0.2, 0) is 4.79 Å². The Hall–Kier alpha value is -0.870. The van der Waals surface area contributed by atoms with Crippen LogP contribution in [0.1, 0.15) is 105 Å². The van der Waals surface area contributed by atoms with E-state index in [1.165, 1.54) is 51.4 Å². The molecule has 5 fully saturated rings. The summed E-state index contributed by atoms with van der Waals surface area (Å²) in [5, 5.41) is 29.4. The van der Waals surface area contributed by atoms with Gasteiger partial charge in [-0.2, -0.15) is 0 Å². The molecule has 2 spiro atoms. The molecule has 4 nitrogen and oxygen atoms in total. The number of fused-ring (bicyclic) bond motifs is 2. The fraction of sp³-hybridized carbons (Fsp3) is 0.900. The van der Waals surface area contributed by atoms with Crippen LogP contribution in [0, 0.1) is 50.7 Å². The highest BCUT2D eigenvalue weighted by Crippen LogP contribution is 2.89. The predicted molar refractivity (Wildman–Crippen MR) is 134 cm³/mol. The van der Waals surface area contributed by atoms with Gasteiger partial charge in [0.2, 0.25) is 0 Å². The molecule has 34 heavy (non-hydrogen) atoms. The average molecular weight is 473 g/mol. The van der Waals surface area contributed by atoms with Crippen LogP contribution in [0.25, 0.3) is 0 Å². The molecule has 5 saturated carbocycles. The van der Waals surface area contributed by atoms with Gasteiger partial charge in [-0.1, -0.05) is 40.7 Å². The van der Waals surface area contributed by atoms with Crippen LogP contribution in [-0.4, -0.2) is 34.0 Å². The highest BCUT2D eigenvalue weighted by Gasteiger charge is 2.82. The van der Waals surface area contributed by atoms with Crippen LogP contribution in [0.3, 0.4) is 0 Å². The summed E-state index contributed by atoms with van der Waals surface area (Å²) in [7, 11) is 0. The normalized spacial score (nSPS) is 49.9. The van der Waals surface area contributed by atoms with E-state index in [0.29, 0.717) is 39.4 Å². The van der Waals surface area contributed by atoms with E-state index >= 15 is 0 Å². The van der Waals surface area contributed by atoms with Crippen molar-refractivity contribution in [3.05, 3.63) is 11.6 Å². The molecule has 3 N–H and O–H groups in total. The minimum absolute atomic E-state index is 0.0536. The Bertz CT molecular complexity index is 877. The lowest BCUT2D eigenvalue weighted by Crippen LogP contribution is -2.57. The molecule has 0 aromatic carbocycles. The largest absolute Gasteiger partial charge is 0.478 e. The number of aliphatic carboxylic acids is 1. The molecule has 0 amide bonds. The summed E-state index contributed by atoms with van der Waals surface area (Å²) in [5.41, 5.74) is 1.96. The van der Waals surface area contributed by atoms with Crippen molar-refractivity contribution in [2.75, 3.05) is 6.61 Å². The monoisotopic (exact) mass is 472 g/mol. The summed E-state index contributed by atoms with van der Waals surface area (Å²) in [6, 6.07) is 0. The molecule has 5 aliphatic carbocycles. The average Bonchev–Trinajstić information content (AvgIpc) is 3.36.